The van der Waals surface area contributed by atoms with Gasteiger partial charge in [0, 0.05) is 12.2 Å². The summed E-state index contributed by atoms with van der Waals surface area (Å²) >= 11 is 0. The molecule has 218 valence electrons. The molecule has 7 heteroatoms. The average Bonchev–Trinajstić information content (AvgIpc) is 2.98. The van der Waals surface area contributed by atoms with Crippen molar-refractivity contribution in [3.05, 3.63) is 103 Å². The predicted octanol–water partition coefficient (Wildman–Crippen LogP) is 5.15. The van der Waals surface area contributed by atoms with E-state index in [-0.39, 0.29) is 17.2 Å². The molecule has 41 heavy (non-hydrogen) atoms. The molecule has 2 unspecified atom stereocenters. The minimum Gasteiger partial charge on any atom is -0.497 e. The molecule has 0 aromatic heterocycles. The molecule has 2 heterocycles. The molecule has 0 amide bonds. The Kier molecular flexibility index (Phi) is 9.44. The van der Waals surface area contributed by atoms with Crippen molar-refractivity contribution in [1.29, 1.82) is 0 Å². The first kappa shape index (κ1) is 29.7. The maximum Gasteiger partial charge on any atom is 0.261 e. The van der Waals surface area contributed by atoms with E-state index in [4.69, 9.17) is 23.4 Å². The summed E-state index contributed by atoms with van der Waals surface area (Å²) in [4.78, 5) is 0. The van der Waals surface area contributed by atoms with Gasteiger partial charge in [0.2, 0.25) is 0 Å². The van der Waals surface area contributed by atoms with E-state index in [2.05, 4.69) is 69.3 Å². The van der Waals surface area contributed by atoms with Crippen LogP contribution in [0.1, 0.15) is 45.5 Å². The van der Waals surface area contributed by atoms with Crippen molar-refractivity contribution >= 4 is 18.7 Å². The van der Waals surface area contributed by atoms with Crippen LogP contribution in [0.15, 0.2) is 97.1 Å². The average molecular weight is 575 g/mol. The molecule has 0 saturated carbocycles. The lowest BCUT2D eigenvalue weighted by molar-refractivity contribution is -0.267. The molecule has 0 aliphatic carbocycles. The summed E-state index contributed by atoms with van der Waals surface area (Å²) < 4.78 is 31.2. The Labute approximate surface area is 245 Å². The van der Waals surface area contributed by atoms with Crippen LogP contribution in [0.5, 0.6) is 5.75 Å². The van der Waals surface area contributed by atoms with Crippen molar-refractivity contribution in [3.8, 4) is 5.75 Å². The van der Waals surface area contributed by atoms with Crippen molar-refractivity contribution in [2.45, 2.75) is 69.4 Å². The Morgan fingerprint density at radius 2 is 1.51 bits per heavy atom. The van der Waals surface area contributed by atoms with Crippen molar-refractivity contribution in [2.75, 3.05) is 20.3 Å². The third kappa shape index (κ3) is 6.51. The van der Waals surface area contributed by atoms with E-state index in [1.807, 2.05) is 48.6 Å². The molecule has 1 N–H and O–H groups in total. The van der Waals surface area contributed by atoms with E-state index in [0.717, 1.165) is 11.3 Å². The third-order valence-corrected chi connectivity index (χ3v) is 13.1. The zero-order valence-corrected chi connectivity index (χ0v) is 25.4. The first-order chi connectivity index (χ1) is 19.8. The zero-order chi connectivity index (χ0) is 28.9. The minimum absolute atomic E-state index is 0.120. The quantitative estimate of drug-likeness (QED) is 0.297. The normalized spacial score (nSPS) is 25.9. The lowest BCUT2D eigenvalue weighted by Gasteiger charge is -2.43. The van der Waals surface area contributed by atoms with Gasteiger partial charge in [0.05, 0.1) is 25.9 Å². The van der Waals surface area contributed by atoms with Gasteiger partial charge in [0.1, 0.15) is 18.0 Å². The molecule has 3 aromatic carbocycles. The summed E-state index contributed by atoms with van der Waals surface area (Å²) in [6.45, 7) is 7.64. The summed E-state index contributed by atoms with van der Waals surface area (Å²) in [6.07, 6.45) is 2.90. The maximum atomic E-state index is 11.1. The van der Waals surface area contributed by atoms with Gasteiger partial charge in [0.25, 0.3) is 8.32 Å². The minimum atomic E-state index is -2.68. The van der Waals surface area contributed by atoms with Gasteiger partial charge in [-0.1, -0.05) is 106 Å². The molecule has 0 radical (unpaired) electrons. The molecule has 6 nitrogen and oxygen atoms in total. The van der Waals surface area contributed by atoms with Gasteiger partial charge < -0.3 is 28.5 Å². The number of benzene rings is 3. The molecule has 5 atom stereocenters. The Morgan fingerprint density at radius 3 is 2.10 bits per heavy atom. The van der Waals surface area contributed by atoms with Crippen LogP contribution in [0.3, 0.4) is 0 Å². The molecule has 2 aliphatic rings. The number of hydrogen-bond donors (Lipinski definition) is 1. The number of aliphatic hydroxyl groups is 1. The van der Waals surface area contributed by atoms with Gasteiger partial charge >= 0.3 is 0 Å². The van der Waals surface area contributed by atoms with E-state index in [9.17, 15) is 5.11 Å². The Hall–Kier alpha value is -2.78. The molecule has 5 rings (SSSR count). The number of fused-ring (bicyclic) bond motifs is 1. The molecule has 3 aromatic rings. The number of hydrogen-bond acceptors (Lipinski definition) is 6. The van der Waals surface area contributed by atoms with Crippen molar-refractivity contribution in [1.82, 2.24) is 0 Å². The second-order valence-corrected chi connectivity index (χ2v) is 16.1. The van der Waals surface area contributed by atoms with E-state index in [1.54, 1.807) is 7.11 Å². The van der Waals surface area contributed by atoms with Crippen molar-refractivity contribution in [2.24, 2.45) is 0 Å². The van der Waals surface area contributed by atoms with E-state index in [0.29, 0.717) is 26.1 Å². The zero-order valence-electron chi connectivity index (χ0n) is 24.4. The lowest BCUT2D eigenvalue weighted by atomic mass is 10.0. The summed E-state index contributed by atoms with van der Waals surface area (Å²) in [6, 6.07) is 28.9. The van der Waals surface area contributed by atoms with Crippen LogP contribution in [-0.4, -0.2) is 58.2 Å². The highest BCUT2D eigenvalue weighted by Crippen LogP contribution is 2.37. The largest absolute Gasteiger partial charge is 0.497 e. The molecule has 0 spiro atoms. The third-order valence-electron chi connectivity index (χ3n) is 8.07. The number of ether oxygens (including phenoxy) is 4. The molecule has 2 aliphatic heterocycles. The molecular formula is C34H42O6Si. The standard InChI is InChI=1S/C34H42O6Si/c1-34(2,3)41(27-12-7-5-8-13-27,28-14-9-6-10-15-28)38-23-22-30-29(35)16-11-17-31-32(39-30)24-37-33(40-31)25-18-20-26(36-4)21-19-25/h5-15,17-21,29-33,35H,16,22-24H2,1-4H3/b17-11-/t29?,30?,31-,32+,33+/m0/s1. The highest BCUT2D eigenvalue weighted by atomic mass is 28.4. The van der Waals surface area contributed by atoms with E-state index >= 15 is 0 Å². The number of rotatable bonds is 8. The number of methoxy groups -OCH3 is 1. The maximum absolute atomic E-state index is 11.1. The van der Waals surface area contributed by atoms with Gasteiger partial charge in [-0.3, -0.25) is 0 Å². The number of aliphatic hydroxyl groups excluding tert-OH is 1. The summed E-state index contributed by atoms with van der Waals surface area (Å²) in [5, 5.41) is 13.4. The Bertz CT molecular complexity index is 1220. The molecule has 0 bridgehead atoms. The topological polar surface area (TPSA) is 66.4 Å². The van der Waals surface area contributed by atoms with Crippen molar-refractivity contribution in [3.63, 3.8) is 0 Å². The fourth-order valence-corrected chi connectivity index (χ4v) is 10.5. The van der Waals surface area contributed by atoms with Gasteiger partial charge in [-0.05, 0) is 40.4 Å². The SMILES string of the molecule is COc1ccc([C@@H]2OC[C@H]3OC(CCO[Si](c4ccccc4)(c4ccccc4)C(C)(C)C)C(O)C/C=C\[C@@H]3O2)cc1. The first-order valence-electron chi connectivity index (χ1n) is 14.5. The van der Waals surface area contributed by atoms with Crippen LogP contribution in [0.25, 0.3) is 0 Å². The van der Waals surface area contributed by atoms with E-state index in [1.165, 1.54) is 10.4 Å². The first-order valence-corrected chi connectivity index (χ1v) is 16.4. The molecule has 1 fully saturated rings. The Morgan fingerprint density at radius 1 is 0.878 bits per heavy atom. The molecular weight excluding hydrogens is 532 g/mol. The molecule has 1 saturated heterocycles. The smallest absolute Gasteiger partial charge is 0.261 e. The second kappa shape index (κ2) is 13.0. The van der Waals surface area contributed by atoms with Gasteiger partial charge in [-0.2, -0.15) is 0 Å². The van der Waals surface area contributed by atoms with Crippen LogP contribution in [0.4, 0.5) is 0 Å². The van der Waals surface area contributed by atoms with Crippen LogP contribution < -0.4 is 15.1 Å². The highest BCUT2D eigenvalue weighted by molar-refractivity contribution is 6.99. The Balaban J connectivity index is 1.31. The lowest BCUT2D eigenvalue weighted by Crippen LogP contribution is -2.66. The second-order valence-electron chi connectivity index (χ2n) is 11.8. The van der Waals surface area contributed by atoms with Crippen LogP contribution in [0, 0.1) is 0 Å². The van der Waals surface area contributed by atoms with Gasteiger partial charge in [-0.15, -0.1) is 0 Å². The van der Waals surface area contributed by atoms with Crippen LogP contribution >= 0.6 is 0 Å². The fraction of sp³-hybridized carbons (Fsp3) is 0.412. The van der Waals surface area contributed by atoms with Gasteiger partial charge in [0.15, 0.2) is 6.29 Å². The van der Waals surface area contributed by atoms with Gasteiger partial charge in [-0.25, -0.2) is 0 Å². The van der Waals surface area contributed by atoms with Crippen LogP contribution in [-0.2, 0) is 18.6 Å². The summed E-state index contributed by atoms with van der Waals surface area (Å²) in [7, 11) is -1.03. The fourth-order valence-electron chi connectivity index (χ4n) is 5.94. The summed E-state index contributed by atoms with van der Waals surface area (Å²) in [5.41, 5.74) is 0.926. The van der Waals surface area contributed by atoms with Crippen LogP contribution in [0.2, 0.25) is 5.04 Å². The highest BCUT2D eigenvalue weighted by Gasteiger charge is 2.50. The monoisotopic (exact) mass is 574 g/mol. The van der Waals surface area contributed by atoms with E-state index < -0.39 is 26.8 Å². The van der Waals surface area contributed by atoms with Crippen molar-refractivity contribution < 1.29 is 28.5 Å². The predicted molar refractivity (Wildman–Crippen MR) is 163 cm³/mol. The summed E-state index contributed by atoms with van der Waals surface area (Å²) in [5.74, 6) is 0.786.